The van der Waals surface area contributed by atoms with Crippen LogP contribution in [0.25, 0.3) is 0 Å². The highest BCUT2D eigenvalue weighted by atomic mass is 19.1. The first-order valence-electron chi connectivity index (χ1n) is 6.38. The molecular weight excluding hydrogens is 215 g/mol. The first-order chi connectivity index (χ1) is 8.11. The summed E-state index contributed by atoms with van der Waals surface area (Å²) in [7, 11) is 0. The van der Waals surface area contributed by atoms with E-state index in [1.807, 2.05) is 6.07 Å². The maximum Gasteiger partial charge on any atom is 0.125 e. The van der Waals surface area contributed by atoms with Gasteiger partial charge in [0.15, 0.2) is 0 Å². The molecule has 0 bridgehead atoms. The average molecular weight is 236 g/mol. The smallest absolute Gasteiger partial charge is 0.125 e. The highest BCUT2D eigenvalue weighted by Gasteiger charge is 2.27. The molecule has 0 aromatic heterocycles. The minimum absolute atomic E-state index is 0.183. The summed E-state index contributed by atoms with van der Waals surface area (Å²) < 4.78 is 13.5. The fourth-order valence-corrected chi connectivity index (χ4v) is 2.72. The Morgan fingerprint density at radius 2 is 2.18 bits per heavy atom. The maximum absolute atomic E-state index is 13.5. The minimum Gasteiger partial charge on any atom is -0.368 e. The summed E-state index contributed by atoms with van der Waals surface area (Å²) in [5.41, 5.74) is 7.45. The number of anilines is 1. The number of halogens is 1. The van der Waals surface area contributed by atoms with Gasteiger partial charge in [0.25, 0.3) is 0 Å². The predicted octanol–water partition coefficient (Wildman–Crippen LogP) is 2.91. The van der Waals surface area contributed by atoms with Gasteiger partial charge < -0.3 is 10.6 Å². The third-order valence-electron chi connectivity index (χ3n) is 3.58. The van der Waals surface area contributed by atoms with Crippen molar-refractivity contribution in [1.29, 1.82) is 0 Å². The van der Waals surface area contributed by atoms with Gasteiger partial charge in [-0.2, -0.15) is 0 Å². The molecule has 0 amide bonds. The lowest BCUT2D eigenvalue weighted by Gasteiger charge is -2.30. The SMILES string of the molecule is CC(C)C1CCCN1c1cc(F)cc(CN)c1. The van der Waals surface area contributed by atoms with Crippen LogP contribution >= 0.6 is 0 Å². The zero-order chi connectivity index (χ0) is 12.4. The molecule has 1 fully saturated rings. The quantitative estimate of drug-likeness (QED) is 0.874. The molecule has 2 N–H and O–H groups in total. The van der Waals surface area contributed by atoms with Gasteiger partial charge in [-0.05, 0) is 42.5 Å². The van der Waals surface area contributed by atoms with E-state index < -0.39 is 0 Å². The van der Waals surface area contributed by atoms with E-state index in [0.29, 0.717) is 18.5 Å². The Balaban J connectivity index is 2.29. The monoisotopic (exact) mass is 236 g/mol. The van der Waals surface area contributed by atoms with Crippen molar-refractivity contribution in [3.8, 4) is 0 Å². The van der Waals surface area contributed by atoms with Crippen LogP contribution in [0, 0.1) is 11.7 Å². The molecule has 17 heavy (non-hydrogen) atoms. The van der Waals surface area contributed by atoms with Gasteiger partial charge >= 0.3 is 0 Å². The molecule has 94 valence electrons. The second-order valence-electron chi connectivity index (χ2n) is 5.17. The topological polar surface area (TPSA) is 29.3 Å². The van der Waals surface area contributed by atoms with Crippen LogP contribution in [0.5, 0.6) is 0 Å². The number of hydrogen-bond acceptors (Lipinski definition) is 2. The van der Waals surface area contributed by atoms with Crippen LogP contribution < -0.4 is 10.6 Å². The van der Waals surface area contributed by atoms with Crippen LogP contribution in [-0.2, 0) is 6.54 Å². The standard InChI is InChI=1S/C14H21FN2/c1-10(2)14-4-3-5-17(14)13-7-11(9-16)6-12(15)8-13/h6-8,10,14H,3-5,9,16H2,1-2H3. The van der Waals surface area contributed by atoms with Crippen LogP contribution in [0.1, 0.15) is 32.3 Å². The van der Waals surface area contributed by atoms with Crippen LogP contribution in [0.3, 0.4) is 0 Å². The van der Waals surface area contributed by atoms with Crippen molar-refractivity contribution in [1.82, 2.24) is 0 Å². The van der Waals surface area contributed by atoms with Crippen molar-refractivity contribution in [2.75, 3.05) is 11.4 Å². The predicted molar refractivity (Wildman–Crippen MR) is 69.5 cm³/mol. The fourth-order valence-electron chi connectivity index (χ4n) is 2.72. The van der Waals surface area contributed by atoms with Crippen molar-refractivity contribution in [2.45, 2.75) is 39.3 Å². The Morgan fingerprint density at radius 1 is 1.41 bits per heavy atom. The Hall–Kier alpha value is -1.09. The molecule has 0 aliphatic carbocycles. The summed E-state index contributed by atoms with van der Waals surface area (Å²) in [6.07, 6.45) is 2.39. The zero-order valence-corrected chi connectivity index (χ0v) is 10.6. The molecule has 0 radical (unpaired) electrons. The maximum atomic E-state index is 13.5. The normalized spacial score (nSPS) is 20.3. The van der Waals surface area contributed by atoms with Gasteiger partial charge in [0.2, 0.25) is 0 Å². The molecule has 2 rings (SSSR count). The van der Waals surface area contributed by atoms with Gasteiger partial charge in [-0.3, -0.25) is 0 Å². The average Bonchev–Trinajstić information content (AvgIpc) is 2.77. The Kier molecular flexibility index (Phi) is 3.67. The lowest BCUT2D eigenvalue weighted by molar-refractivity contribution is 0.491. The van der Waals surface area contributed by atoms with Crippen molar-refractivity contribution in [3.05, 3.63) is 29.6 Å². The van der Waals surface area contributed by atoms with Gasteiger partial charge in [0.1, 0.15) is 5.82 Å². The molecule has 1 aromatic carbocycles. The highest BCUT2D eigenvalue weighted by molar-refractivity contribution is 5.51. The first kappa shape index (κ1) is 12.4. The second kappa shape index (κ2) is 5.05. The molecule has 1 saturated heterocycles. The number of nitrogens with two attached hydrogens (primary N) is 1. The molecular formula is C14H21FN2. The molecule has 1 aliphatic heterocycles. The molecule has 0 spiro atoms. The van der Waals surface area contributed by atoms with E-state index in [9.17, 15) is 4.39 Å². The molecule has 1 aromatic rings. The number of benzene rings is 1. The third-order valence-corrected chi connectivity index (χ3v) is 3.58. The van der Waals surface area contributed by atoms with Gasteiger partial charge in [-0.25, -0.2) is 4.39 Å². The summed E-state index contributed by atoms with van der Waals surface area (Å²) in [4.78, 5) is 2.33. The van der Waals surface area contributed by atoms with E-state index in [2.05, 4.69) is 18.7 Å². The molecule has 1 atom stereocenters. The minimum atomic E-state index is -0.183. The van der Waals surface area contributed by atoms with Crippen molar-refractivity contribution < 1.29 is 4.39 Å². The number of hydrogen-bond donors (Lipinski definition) is 1. The first-order valence-corrected chi connectivity index (χ1v) is 6.38. The van der Waals surface area contributed by atoms with E-state index in [4.69, 9.17) is 5.73 Å². The van der Waals surface area contributed by atoms with Crippen molar-refractivity contribution >= 4 is 5.69 Å². The second-order valence-corrected chi connectivity index (χ2v) is 5.17. The molecule has 1 aliphatic rings. The molecule has 2 nitrogen and oxygen atoms in total. The summed E-state index contributed by atoms with van der Waals surface area (Å²) in [5, 5.41) is 0. The third kappa shape index (κ3) is 2.60. The van der Waals surface area contributed by atoms with E-state index in [1.165, 1.54) is 18.9 Å². The Labute approximate surface area is 103 Å². The van der Waals surface area contributed by atoms with Crippen molar-refractivity contribution in [3.63, 3.8) is 0 Å². The van der Waals surface area contributed by atoms with Gasteiger partial charge in [-0.1, -0.05) is 13.8 Å². The van der Waals surface area contributed by atoms with Crippen LogP contribution in [0.2, 0.25) is 0 Å². The Morgan fingerprint density at radius 3 is 2.82 bits per heavy atom. The summed E-state index contributed by atoms with van der Waals surface area (Å²) in [6.45, 7) is 5.87. The van der Waals surface area contributed by atoms with Crippen molar-refractivity contribution in [2.24, 2.45) is 11.7 Å². The van der Waals surface area contributed by atoms with E-state index in [-0.39, 0.29) is 5.82 Å². The fraction of sp³-hybridized carbons (Fsp3) is 0.571. The van der Waals surface area contributed by atoms with E-state index in [1.54, 1.807) is 6.07 Å². The van der Waals surface area contributed by atoms with Crippen LogP contribution in [0.4, 0.5) is 10.1 Å². The number of nitrogens with zero attached hydrogens (tertiary/aromatic N) is 1. The highest BCUT2D eigenvalue weighted by Crippen LogP contribution is 2.30. The van der Waals surface area contributed by atoms with Gasteiger partial charge in [0, 0.05) is 24.8 Å². The molecule has 1 unspecified atom stereocenters. The summed E-state index contributed by atoms with van der Waals surface area (Å²) in [5.74, 6) is 0.416. The lowest BCUT2D eigenvalue weighted by atomic mass is 10.0. The molecule has 1 heterocycles. The summed E-state index contributed by atoms with van der Waals surface area (Å²) in [6, 6.07) is 5.69. The largest absolute Gasteiger partial charge is 0.368 e. The van der Waals surface area contributed by atoms with E-state index >= 15 is 0 Å². The van der Waals surface area contributed by atoms with Gasteiger partial charge in [-0.15, -0.1) is 0 Å². The summed E-state index contributed by atoms with van der Waals surface area (Å²) >= 11 is 0. The molecule has 3 heteroatoms. The van der Waals surface area contributed by atoms with E-state index in [0.717, 1.165) is 17.8 Å². The Bertz CT molecular complexity index is 390. The zero-order valence-electron chi connectivity index (χ0n) is 10.6. The van der Waals surface area contributed by atoms with Crippen LogP contribution in [0.15, 0.2) is 18.2 Å². The molecule has 0 saturated carbocycles. The number of rotatable bonds is 3. The van der Waals surface area contributed by atoms with Gasteiger partial charge in [0.05, 0.1) is 0 Å². The van der Waals surface area contributed by atoms with Crippen LogP contribution in [-0.4, -0.2) is 12.6 Å². The lowest BCUT2D eigenvalue weighted by Crippen LogP contribution is -2.33.